The van der Waals surface area contributed by atoms with Gasteiger partial charge in [0.2, 0.25) is 0 Å². The number of methoxy groups -OCH3 is 1. The normalized spacial score (nSPS) is 21.0. The minimum Gasteiger partial charge on any atom is -0.379 e. The maximum Gasteiger partial charge on any atom is 0.0634 e. The summed E-state index contributed by atoms with van der Waals surface area (Å²) >= 11 is 0. The average molecular weight is 172 g/mol. The molecule has 1 fully saturated rings. The third kappa shape index (κ3) is 2.73. The lowest BCUT2D eigenvalue weighted by molar-refractivity contribution is 0.000387. The maximum absolute atomic E-state index is 5.67. The van der Waals surface area contributed by atoms with Crippen LogP contribution in [0.1, 0.15) is 20.3 Å². The molecular formula is C9H20N2O. The zero-order chi connectivity index (χ0) is 9.19. The van der Waals surface area contributed by atoms with E-state index in [0.717, 1.165) is 26.1 Å². The van der Waals surface area contributed by atoms with Gasteiger partial charge in [-0.25, -0.2) is 0 Å². The molecule has 0 unspecified atom stereocenters. The minimum absolute atomic E-state index is 0.0136. The fourth-order valence-electron chi connectivity index (χ4n) is 1.32. The predicted molar refractivity (Wildman–Crippen MR) is 50.1 cm³/mol. The molecule has 1 saturated heterocycles. The Kier molecular flexibility index (Phi) is 3.09. The van der Waals surface area contributed by atoms with Gasteiger partial charge in [-0.3, -0.25) is 0 Å². The van der Waals surface area contributed by atoms with E-state index in [-0.39, 0.29) is 5.60 Å². The van der Waals surface area contributed by atoms with Gasteiger partial charge in [0.15, 0.2) is 0 Å². The highest BCUT2D eigenvalue weighted by atomic mass is 16.5. The molecule has 1 aliphatic heterocycles. The van der Waals surface area contributed by atoms with E-state index in [9.17, 15) is 0 Å². The molecule has 2 N–H and O–H groups in total. The maximum atomic E-state index is 5.67. The summed E-state index contributed by atoms with van der Waals surface area (Å²) < 4.78 is 5.33. The van der Waals surface area contributed by atoms with Gasteiger partial charge < -0.3 is 15.4 Å². The average Bonchev–Trinajstić information content (AvgIpc) is 1.96. The molecule has 0 atom stereocenters. The quantitative estimate of drug-likeness (QED) is 0.669. The predicted octanol–water partition coefficient (Wildman–Crippen LogP) is 0.444. The van der Waals surface area contributed by atoms with Crippen LogP contribution in [0.4, 0.5) is 0 Å². The van der Waals surface area contributed by atoms with Crippen molar-refractivity contribution in [1.29, 1.82) is 0 Å². The van der Waals surface area contributed by atoms with Crippen molar-refractivity contribution in [3.05, 3.63) is 0 Å². The first-order valence-electron chi connectivity index (χ1n) is 4.56. The van der Waals surface area contributed by atoms with E-state index in [1.54, 1.807) is 7.11 Å². The largest absolute Gasteiger partial charge is 0.379 e. The number of likely N-dealkylation sites (tertiary alicyclic amines) is 1. The number of ether oxygens (including phenoxy) is 1. The van der Waals surface area contributed by atoms with E-state index in [1.165, 1.54) is 0 Å². The number of hydrogen-bond acceptors (Lipinski definition) is 3. The van der Waals surface area contributed by atoms with E-state index in [2.05, 4.69) is 18.7 Å². The van der Waals surface area contributed by atoms with Crippen molar-refractivity contribution in [2.45, 2.75) is 31.9 Å². The molecule has 12 heavy (non-hydrogen) atoms. The van der Waals surface area contributed by atoms with Crippen LogP contribution >= 0.6 is 0 Å². The van der Waals surface area contributed by atoms with Crippen molar-refractivity contribution < 1.29 is 4.74 Å². The van der Waals surface area contributed by atoms with Gasteiger partial charge in [0.25, 0.3) is 0 Å². The molecule has 3 heteroatoms. The fourth-order valence-corrected chi connectivity index (χ4v) is 1.32. The van der Waals surface area contributed by atoms with Gasteiger partial charge in [-0.05, 0) is 20.3 Å². The van der Waals surface area contributed by atoms with Crippen LogP contribution in [0.2, 0.25) is 0 Å². The highest BCUT2D eigenvalue weighted by molar-refractivity contribution is 4.84. The molecule has 1 aliphatic rings. The van der Waals surface area contributed by atoms with E-state index in [0.29, 0.717) is 6.04 Å². The van der Waals surface area contributed by atoms with Crippen LogP contribution in [0.15, 0.2) is 0 Å². The third-order valence-electron chi connectivity index (χ3n) is 2.57. The Morgan fingerprint density at radius 3 is 2.50 bits per heavy atom. The van der Waals surface area contributed by atoms with Gasteiger partial charge in [0.05, 0.1) is 5.60 Å². The zero-order valence-corrected chi connectivity index (χ0v) is 8.34. The monoisotopic (exact) mass is 172 g/mol. The summed E-state index contributed by atoms with van der Waals surface area (Å²) in [6, 6.07) is 0.413. The lowest BCUT2D eigenvalue weighted by Gasteiger charge is -2.38. The van der Waals surface area contributed by atoms with E-state index in [4.69, 9.17) is 10.5 Å². The van der Waals surface area contributed by atoms with Gasteiger partial charge in [0, 0.05) is 32.8 Å². The van der Waals surface area contributed by atoms with Crippen molar-refractivity contribution in [2.75, 3.05) is 26.7 Å². The van der Waals surface area contributed by atoms with Crippen LogP contribution in [0.5, 0.6) is 0 Å². The second-order valence-electron chi connectivity index (χ2n) is 4.23. The Morgan fingerprint density at radius 1 is 1.50 bits per heavy atom. The lowest BCUT2D eigenvalue weighted by Crippen LogP contribution is -2.56. The van der Waals surface area contributed by atoms with E-state index in [1.807, 2.05) is 0 Å². The first kappa shape index (κ1) is 9.96. The van der Waals surface area contributed by atoms with Crippen LogP contribution in [0.25, 0.3) is 0 Å². The molecule has 0 aromatic heterocycles. The van der Waals surface area contributed by atoms with Crippen molar-refractivity contribution in [3.8, 4) is 0 Å². The van der Waals surface area contributed by atoms with Crippen LogP contribution in [0.3, 0.4) is 0 Å². The van der Waals surface area contributed by atoms with Crippen molar-refractivity contribution in [3.63, 3.8) is 0 Å². The second-order valence-corrected chi connectivity index (χ2v) is 4.23. The highest BCUT2D eigenvalue weighted by Gasteiger charge is 2.25. The first-order chi connectivity index (χ1) is 5.53. The van der Waals surface area contributed by atoms with Crippen LogP contribution < -0.4 is 5.73 Å². The third-order valence-corrected chi connectivity index (χ3v) is 2.57. The Labute approximate surface area is 74.9 Å². The zero-order valence-electron chi connectivity index (χ0n) is 8.34. The molecule has 0 spiro atoms. The smallest absolute Gasteiger partial charge is 0.0634 e. The Hall–Kier alpha value is -0.120. The number of hydrogen-bond donors (Lipinski definition) is 1. The first-order valence-corrected chi connectivity index (χ1v) is 4.56. The Bertz CT molecular complexity index is 141. The van der Waals surface area contributed by atoms with Crippen LogP contribution in [-0.2, 0) is 4.74 Å². The molecule has 0 aromatic rings. The molecule has 0 saturated carbocycles. The van der Waals surface area contributed by atoms with E-state index < -0.39 is 0 Å². The summed E-state index contributed by atoms with van der Waals surface area (Å²) in [5.74, 6) is 0. The fraction of sp³-hybridized carbons (Fsp3) is 1.00. The molecule has 0 radical (unpaired) electrons. The van der Waals surface area contributed by atoms with Crippen LogP contribution in [0, 0.1) is 0 Å². The SMILES string of the molecule is COC(C)(C)CCN1CC(N)C1. The van der Waals surface area contributed by atoms with Crippen molar-refractivity contribution in [1.82, 2.24) is 4.90 Å². The molecule has 0 amide bonds. The van der Waals surface area contributed by atoms with Gasteiger partial charge >= 0.3 is 0 Å². The summed E-state index contributed by atoms with van der Waals surface area (Å²) in [5.41, 5.74) is 5.68. The number of nitrogens with zero attached hydrogens (tertiary/aromatic N) is 1. The van der Waals surface area contributed by atoms with Gasteiger partial charge in [-0.15, -0.1) is 0 Å². The molecule has 72 valence electrons. The molecule has 3 nitrogen and oxygen atoms in total. The summed E-state index contributed by atoms with van der Waals surface area (Å²) in [6.45, 7) is 7.45. The Morgan fingerprint density at radius 2 is 2.08 bits per heavy atom. The molecule has 1 rings (SSSR count). The molecular weight excluding hydrogens is 152 g/mol. The second kappa shape index (κ2) is 3.73. The molecule has 0 bridgehead atoms. The standard InChI is InChI=1S/C9H20N2O/c1-9(2,12-3)4-5-11-6-8(10)7-11/h8H,4-7,10H2,1-3H3. The number of nitrogens with two attached hydrogens (primary N) is 1. The topological polar surface area (TPSA) is 38.5 Å². The summed E-state index contributed by atoms with van der Waals surface area (Å²) in [4.78, 5) is 2.37. The molecule has 1 heterocycles. The highest BCUT2D eigenvalue weighted by Crippen LogP contribution is 2.15. The molecule has 0 aliphatic carbocycles. The summed E-state index contributed by atoms with van der Waals surface area (Å²) in [7, 11) is 1.77. The number of rotatable bonds is 4. The van der Waals surface area contributed by atoms with Gasteiger partial charge in [-0.1, -0.05) is 0 Å². The molecule has 0 aromatic carbocycles. The van der Waals surface area contributed by atoms with Gasteiger partial charge in [-0.2, -0.15) is 0 Å². The van der Waals surface area contributed by atoms with Crippen molar-refractivity contribution in [2.24, 2.45) is 5.73 Å². The lowest BCUT2D eigenvalue weighted by atomic mass is 10.0. The summed E-state index contributed by atoms with van der Waals surface area (Å²) in [6.07, 6.45) is 1.08. The van der Waals surface area contributed by atoms with Gasteiger partial charge in [0.1, 0.15) is 0 Å². The van der Waals surface area contributed by atoms with E-state index >= 15 is 0 Å². The van der Waals surface area contributed by atoms with Crippen LogP contribution in [-0.4, -0.2) is 43.3 Å². The minimum atomic E-state index is 0.0136. The Balaban J connectivity index is 2.10. The summed E-state index contributed by atoms with van der Waals surface area (Å²) in [5, 5.41) is 0. The van der Waals surface area contributed by atoms with Crippen molar-refractivity contribution >= 4 is 0 Å².